The first-order chi connectivity index (χ1) is 8.49. The Hall–Kier alpha value is -1.38. The minimum absolute atomic E-state index is 0.0822. The number of nitrogens with two attached hydrogens (primary N) is 1. The van der Waals surface area contributed by atoms with Gasteiger partial charge < -0.3 is 4.74 Å². The number of hydrogen-bond donors (Lipinski definition) is 2. The van der Waals surface area contributed by atoms with E-state index in [0.717, 1.165) is 6.07 Å². The van der Waals surface area contributed by atoms with Crippen LogP contribution in [0.2, 0.25) is 5.02 Å². The molecule has 0 saturated heterocycles. The number of hydrogen-bond acceptors (Lipinski definition) is 5. The third kappa shape index (κ3) is 5.01. The summed E-state index contributed by atoms with van der Waals surface area (Å²) in [5.74, 6) is -0.235. The number of sulfonamides is 1. The van der Waals surface area contributed by atoms with Gasteiger partial charge in [-0.3, -0.25) is 5.32 Å². The SMILES string of the molecule is CC(C)(C)OC(=O)Nc1ncc(Cl)cc1S(N)(=O)=O. The van der Waals surface area contributed by atoms with Gasteiger partial charge in [0.2, 0.25) is 10.0 Å². The van der Waals surface area contributed by atoms with Gasteiger partial charge in [0.15, 0.2) is 5.82 Å². The van der Waals surface area contributed by atoms with E-state index in [4.69, 9.17) is 21.5 Å². The van der Waals surface area contributed by atoms with E-state index in [1.165, 1.54) is 6.20 Å². The zero-order valence-electron chi connectivity index (χ0n) is 10.6. The number of aromatic nitrogens is 1. The third-order valence-corrected chi connectivity index (χ3v) is 2.88. The second kappa shape index (κ2) is 5.32. The lowest BCUT2D eigenvalue weighted by Gasteiger charge is -2.19. The summed E-state index contributed by atoms with van der Waals surface area (Å²) in [6.07, 6.45) is 0.343. The van der Waals surface area contributed by atoms with Crippen LogP contribution in [0.4, 0.5) is 10.6 Å². The van der Waals surface area contributed by atoms with Crippen LogP contribution in [0.15, 0.2) is 17.2 Å². The molecule has 106 valence electrons. The van der Waals surface area contributed by atoms with Crippen LogP contribution in [-0.2, 0) is 14.8 Å². The largest absolute Gasteiger partial charge is 0.444 e. The van der Waals surface area contributed by atoms with E-state index < -0.39 is 21.7 Å². The maximum atomic E-state index is 11.6. The average molecular weight is 308 g/mol. The summed E-state index contributed by atoms with van der Waals surface area (Å²) in [4.78, 5) is 14.9. The second-order valence-electron chi connectivity index (χ2n) is 4.67. The number of ether oxygens (including phenoxy) is 1. The Bertz CT molecular complexity index is 595. The van der Waals surface area contributed by atoms with Gasteiger partial charge in [-0.2, -0.15) is 0 Å². The van der Waals surface area contributed by atoms with E-state index in [9.17, 15) is 13.2 Å². The van der Waals surface area contributed by atoms with Crippen molar-refractivity contribution >= 4 is 33.5 Å². The van der Waals surface area contributed by atoms with Gasteiger partial charge >= 0.3 is 6.09 Å². The summed E-state index contributed by atoms with van der Waals surface area (Å²) >= 11 is 5.64. The van der Waals surface area contributed by atoms with Crippen molar-refractivity contribution in [3.05, 3.63) is 17.3 Å². The molecule has 0 aliphatic carbocycles. The van der Waals surface area contributed by atoms with Crippen LogP contribution in [0.1, 0.15) is 20.8 Å². The summed E-state index contributed by atoms with van der Waals surface area (Å²) in [5, 5.41) is 7.30. The normalized spacial score (nSPS) is 12.1. The first-order valence-electron chi connectivity index (χ1n) is 5.17. The first kappa shape index (κ1) is 15.7. The highest BCUT2D eigenvalue weighted by molar-refractivity contribution is 7.89. The van der Waals surface area contributed by atoms with E-state index in [0.29, 0.717) is 0 Å². The quantitative estimate of drug-likeness (QED) is 0.864. The molecule has 3 N–H and O–H groups in total. The molecule has 0 bridgehead atoms. The van der Waals surface area contributed by atoms with Gasteiger partial charge in [0.25, 0.3) is 0 Å². The van der Waals surface area contributed by atoms with Gasteiger partial charge in [-0.05, 0) is 26.8 Å². The van der Waals surface area contributed by atoms with E-state index in [1.807, 2.05) is 0 Å². The molecule has 0 fully saturated rings. The van der Waals surface area contributed by atoms with Crippen LogP contribution in [0.5, 0.6) is 0 Å². The molecule has 0 saturated carbocycles. The number of anilines is 1. The molecule has 19 heavy (non-hydrogen) atoms. The number of halogens is 1. The number of nitrogens with one attached hydrogen (secondary N) is 1. The summed E-state index contributed by atoms with van der Waals surface area (Å²) in [5.41, 5.74) is -0.724. The van der Waals surface area contributed by atoms with Crippen LogP contribution in [0.3, 0.4) is 0 Å². The summed E-state index contributed by atoms with van der Waals surface area (Å²) < 4.78 is 27.7. The summed E-state index contributed by atoms with van der Waals surface area (Å²) in [6, 6.07) is 1.09. The van der Waals surface area contributed by atoms with Crippen molar-refractivity contribution in [3.8, 4) is 0 Å². The van der Waals surface area contributed by atoms with Crippen molar-refractivity contribution in [1.82, 2.24) is 4.98 Å². The van der Waals surface area contributed by atoms with Crippen LogP contribution in [-0.4, -0.2) is 25.1 Å². The van der Waals surface area contributed by atoms with E-state index in [2.05, 4.69) is 10.3 Å². The van der Waals surface area contributed by atoms with Crippen LogP contribution in [0, 0.1) is 0 Å². The Kier molecular flexibility index (Phi) is 4.39. The zero-order chi connectivity index (χ0) is 14.8. The van der Waals surface area contributed by atoms with Gasteiger partial charge in [0.05, 0.1) is 5.02 Å². The maximum absolute atomic E-state index is 11.6. The van der Waals surface area contributed by atoms with Crippen LogP contribution in [0.25, 0.3) is 0 Å². The zero-order valence-corrected chi connectivity index (χ0v) is 12.2. The Morgan fingerprint density at radius 3 is 2.53 bits per heavy atom. The van der Waals surface area contributed by atoms with Crippen molar-refractivity contribution < 1.29 is 17.9 Å². The van der Waals surface area contributed by atoms with Crippen molar-refractivity contribution in [2.45, 2.75) is 31.3 Å². The molecule has 0 aliphatic rings. The fourth-order valence-electron chi connectivity index (χ4n) is 1.13. The van der Waals surface area contributed by atoms with Crippen molar-refractivity contribution in [3.63, 3.8) is 0 Å². The van der Waals surface area contributed by atoms with Gasteiger partial charge in [-0.1, -0.05) is 11.6 Å². The number of pyridine rings is 1. The fraction of sp³-hybridized carbons (Fsp3) is 0.400. The lowest BCUT2D eigenvalue weighted by atomic mass is 10.2. The highest BCUT2D eigenvalue weighted by atomic mass is 35.5. The number of primary sulfonamides is 1. The lowest BCUT2D eigenvalue weighted by molar-refractivity contribution is 0.0635. The molecule has 1 aromatic rings. The smallest absolute Gasteiger partial charge is 0.413 e. The van der Waals surface area contributed by atoms with E-state index in [1.54, 1.807) is 20.8 Å². The molecule has 1 amide bonds. The van der Waals surface area contributed by atoms with E-state index >= 15 is 0 Å². The third-order valence-electron chi connectivity index (χ3n) is 1.75. The lowest BCUT2D eigenvalue weighted by Crippen LogP contribution is -2.28. The minimum Gasteiger partial charge on any atom is -0.444 e. The van der Waals surface area contributed by atoms with E-state index in [-0.39, 0.29) is 15.7 Å². The summed E-state index contributed by atoms with van der Waals surface area (Å²) in [7, 11) is -4.06. The van der Waals surface area contributed by atoms with Crippen molar-refractivity contribution in [2.24, 2.45) is 5.14 Å². The summed E-state index contributed by atoms with van der Waals surface area (Å²) in [6.45, 7) is 5.01. The Morgan fingerprint density at radius 2 is 2.05 bits per heavy atom. The molecular weight excluding hydrogens is 294 g/mol. The van der Waals surface area contributed by atoms with Gasteiger partial charge in [0, 0.05) is 6.20 Å². The Morgan fingerprint density at radius 1 is 1.47 bits per heavy atom. The van der Waals surface area contributed by atoms with Gasteiger partial charge in [0.1, 0.15) is 10.5 Å². The second-order valence-corrected chi connectivity index (χ2v) is 6.64. The number of carbonyl (C=O) groups excluding carboxylic acids is 1. The highest BCUT2D eigenvalue weighted by Crippen LogP contribution is 2.22. The number of nitrogens with zero attached hydrogens (tertiary/aromatic N) is 1. The highest BCUT2D eigenvalue weighted by Gasteiger charge is 2.21. The topological polar surface area (TPSA) is 111 Å². The first-order valence-corrected chi connectivity index (χ1v) is 7.10. The molecule has 1 aromatic heterocycles. The standard InChI is InChI=1S/C10H14ClN3O4S/c1-10(2,3)18-9(15)14-8-7(19(12,16)17)4-6(11)5-13-8/h4-5H,1-3H3,(H2,12,16,17)(H,13,14,15). The molecule has 7 nitrogen and oxygen atoms in total. The molecule has 0 spiro atoms. The predicted molar refractivity (Wildman–Crippen MR) is 70.5 cm³/mol. The van der Waals surface area contributed by atoms with Gasteiger partial charge in [-0.15, -0.1) is 0 Å². The molecular formula is C10H14ClN3O4S. The molecule has 9 heteroatoms. The maximum Gasteiger partial charge on any atom is 0.413 e. The predicted octanol–water partition coefficient (Wildman–Crippen LogP) is 1.73. The number of carbonyl (C=O) groups is 1. The molecule has 0 atom stereocenters. The van der Waals surface area contributed by atoms with Crippen LogP contribution >= 0.6 is 11.6 Å². The number of rotatable bonds is 2. The fourth-order valence-corrected chi connectivity index (χ4v) is 2.02. The average Bonchev–Trinajstić information content (AvgIpc) is 2.16. The van der Waals surface area contributed by atoms with Gasteiger partial charge in [-0.25, -0.2) is 23.3 Å². The molecule has 0 aliphatic heterocycles. The molecule has 0 unspecified atom stereocenters. The van der Waals surface area contributed by atoms with Crippen molar-refractivity contribution in [2.75, 3.05) is 5.32 Å². The monoisotopic (exact) mass is 307 g/mol. The van der Waals surface area contributed by atoms with Crippen molar-refractivity contribution in [1.29, 1.82) is 0 Å². The molecule has 0 radical (unpaired) electrons. The molecule has 1 heterocycles. The molecule has 1 rings (SSSR count). The Balaban J connectivity index is 3.06. The number of amides is 1. The Labute approximate surface area is 116 Å². The van der Waals surface area contributed by atoms with Crippen LogP contribution < -0.4 is 10.5 Å². The molecule has 0 aromatic carbocycles. The minimum atomic E-state index is -4.06.